The van der Waals surface area contributed by atoms with Crippen molar-refractivity contribution in [3.05, 3.63) is 72.2 Å². The van der Waals surface area contributed by atoms with E-state index in [-0.39, 0.29) is 5.56 Å². The molecule has 0 radical (unpaired) electrons. The minimum Gasteiger partial charge on any atom is -0.376 e. The van der Waals surface area contributed by atoms with Gasteiger partial charge in [0, 0.05) is 29.9 Å². The van der Waals surface area contributed by atoms with Crippen LogP contribution in [0.15, 0.2) is 61.1 Å². The fourth-order valence-corrected chi connectivity index (χ4v) is 2.83. The minimum absolute atomic E-state index is 0.245. The molecule has 2 heterocycles. The molecule has 0 aliphatic heterocycles. The van der Waals surface area contributed by atoms with Crippen LogP contribution in [-0.4, -0.2) is 21.3 Å². The van der Waals surface area contributed by atoms with Crippen molar-refractivity contribution in [2.45, 2.75) is 24.6 Å². The van der Waals surface area contributed by atoms with Crippen molar-refractivity contribution >= 4 is 10.9 Å². The van der Waals surface area contributed by atoms with Gasteiger partial charge in [0.05, 0.1) is 5.52 Å². The van der Waals surface area contributed by atoms with Gasteiger partial charge in [-0.2, -0.15) is 13.2 Å². The number of benzene rings is 1. The maximum absolute atomic E-state index is 13.7. The smallest absolute Gasteiger partial charge is 0.376 e. The third-order valence-corrected chi connectivity index (χ3v) is 4.29. The zero-order valence-corrected chi connectivity index (χ0v) is 12.8. The molecule has 124 valence electrons. The van der Waals surface area contributed by atoms with Gasteiger partial charge in [-0.05, 0) is 35.4 Å². The van der Waals surface area contributed by atoms with Gasteiger partial charge >= 0.3 is 6.18 Å². The number of aliphatic hydroxyl groups is 1. The molecule has 3 aromatic rings. The van der Waals surface area contributed by atoms with Gasteiger partial charge in [0.15, 0.2) is 5.60 Å². The summed E-state index contributed by atoms with van der Waals surface area (Å²) in [6, 6.07) is 11.1. The summed E-state index contributed by atoms with van der Waals surface area (Å²) < 4.78 is 41.2. The molecule has 0 saturated heterocycles. The van der Waals surface area contributed by atoms with Crippen LogP contribution < -0.4 is 0 Å². The Balaban J connectivity index is 2.13. The normalized spacial score (nSPS) is 15.9. The molecular weight excluding hydrogens is 317 g/mol. The maximum Gasteiger partial charge on any atom is 0.422 e. The van der Waals surface area contributed by atoms with Gasteiger partial charge < -0.3 is 5.11 Å². The summed E-state index contributed by atoms with van der Waals surface area (Å²) in [7, 11) is 0. The molecule has 0 spiro atoms. The van der Waals surface area contributed by atoms with Gasteiger partial charge in [-0.1, -0.05) is 25.1 Å². The Labute approximate surface area is 136 Å². The number of hydrogen-bond donors (Lipinski definition) is 1. The van der Waals surface area contributed by atoms with E-state index in [9.17, 15) is 18.3 Å². The van der Waals surface area contributed by atoms with E-state index in [2.05, 4.69) is 9.97 Å². The average Bonchev–Trinajstić information content (AvgIpc) is 2.59. The third kappa shape index (κ3) is 2.63. The number of halogens is 3. The molecule has 3 rings (SSSR count). The van der Waals surface area contributed by atoms with Crippen LogP contribution in [0.2, 0.25) is 0 Å². The van der Waals surface area contributed by atoms with E-state index in [1.54, 1.807) is 24.3 Å². The van der Waals surface area contributed by atoms with Crippen LogP contribution >= 0.6 is 0 Å². The van der Waals surface area contributed by atoms with Crippen molar-refractivity contribution in [2.24, 2.45) is 0 Å². The number of fused-ring (bicyclic) bond motifs is 1. The lowest BCUT2D eigenvalue weighted by Crippen LogP contribution is -2.46. The second-order valence-electron chi connectivity index (χ2n) is 5.68. The fraction of sp³-hybridized carbons (Fsp3) is 0.222. The van der Waals surface area contributed by atoms with E-state index < -0.39 is 17.7 Å². The van der Waals surface area contributed by atoms with E-state index in [1.165, 1.54) is 37.6 Å². The zero-order chi connectivity index (χ0) is 17.4. The van der Waals surface area contributed by atoms with Crippen molar-refractivity contribution in [2.75, 3.05) is 0 Å². The van der Waals surface area contributed by atoms with Crippen LogP contribution in [0.5, 0.6) is 0 Å². The SMILES string of the molecule is CC(c1cnc2ccccc2c1)C(O)(c1ccncc1)C(F)(F)F. The molecule has 0 fully saturated rings. The number of rotatable bonds is 3. The van der Waals surface area contributed by atoms with E-state index in [0.29, 0.717) is 11.1 Å². The number of nitrogens with zero attached hydrogens (tertiary/aromatic N) is 2. The van der Waals surface area contributed by atoms with Crippen molar-refractivity contribution in [1.82, 2.24) is 9.97 Å². The Morgan fingerprint density at radius 1 is 1.04 bits per heavy atom. The van der Waals surface area contributed by atoms with Gasteiger partial charge in [-0.25, -0.2) is 0 Å². The van der Waals surface area contributed by atoms with Crippen molar-refractivity contribution in [3.8, 4) is 0 Å². The largest absolute Gasteiger partial charge is 0.422 e. The van der Waals surface area contributed by atoms with Gasteiger partial charge in [0.2, 0.25) is 0 Å². The molecule has 6 heteroatoms. The Morgan fingerprint density at radius 3 is 2.38 bits per heavy atom. The van der Waals surface area contributed by atoms with Crippen molar-refractivity contribution < 1.29 is 18.3 Å². The Hall–Kier alpha value is -2.47. The quantitative estimate of drug-likeness (QED) is 0.782. The first kappa shape index (κ1) is 16.4. The summed E-state index contributed by atoms with van der Waals surface area (Å²) in [6.07, 6.45) is -1.00. The zero-order valence-electron chi connectivity index (χ0n) is 12.8. The Bertz CT molecular complexity index is 852. The molecule has 0 bridgehead atoms. The molecule has 24 heavy (non-hydrogen) atoms. The standard InChI is InChI=1S/C18H15F3N2O/c1-12(14-10-13-4-2-3-5-16(13)23-11-14)17(24,18(19,20)21)15-6-8-22-9-7-15/h2-12,24H,1H3. The summed E-state index contributed by atoms with van der Waals surface area (Å²) in [4.78, 5) is 7.92. The van der Waals surface area contributed by atoms with Crippen LogP contribution in [-0.2, 0) is 5.60 Å². The van der Waals surface area contributed by atoms with Crippen LogP contribution in [0.3, 0.4) is 0 Å². The first-order valence-corrected chi connectivity index (χ1v) is 7.38. The highest BCUT2D eigenvalue weighted by atomic mass is 19.4. The third-order valence-electron chi connectivity index (χ3n) is 4.29. The fourth-order valence-electron chi connectivity index (χ4n) is 2.83. The number of aromatic nitrogens is 2. The molecule has 1 N–H and O–H groups in total. The lowest BCUT2D eigenvalue weighted by atomic mass is 9.78. The van der Waals surface area contributed by atoms with Gasteiger partial charge in [-0.3, -0.25) is 9.97 Å². The second-order valence-corrected chi connectivity index (χ2v) is 5.68. The topological polar surface area (TPSA) is 46.0 Å². The second kappa shape index (κ2) is 5.87. The molecule has 2 aromatic heterocycles. The predicted octanol–water partition coefficient (Wildman–Crippen LogP) is 4.18. The summed E-state index contributed by atoms with van der Waals surface area (Å²) in [5.41, 5.74) is -2.27. The lowest BCUT2D eigenvalue weighted by Gasteiger charge is -2.36. The molecule has 0 amide bonds. The molecular formula is C18H15F3N2O. The summed E-state index contributed by atoms with van der Waals surface area (Å²) in [5.74, 6) is -1.24. The first-order valence-electron chi connectivity index (χ1n) is 7.38. The number of alkyl halides is 3. The Morgan fingerprint density at radius 2 is 1.71 bits per heavy atom. The number of para-hydroxylation sites is 1. The number of pyridine rings is 2. The highest BCUT2D eigenvalue weighted by Gasteiger charge is 2.58. The highest BCUT2D eigenvalue weighted by molar-refractivity contribution is 5.78. The lowest BCUT2D eigenvalue weighted by molar-refractivity contribution is -0.274. The maximum atomic E-state index is 13.7. The first-order chi connectivity index (χ1) is 11.3. The molecule has 1 aromatic carbocycles. The molecule has 0 aliphatic rings. The monoisotopic (exact) mass is 332 g/mol. The molecule has 0 saturated carbocycles. The van der Waals surface area contributed by atoms with E-state index >= 15 is 0 Å². The van der Waals surface area contributed by atoms with Crippen LogP contribution in [0, 0.1) is 0 Å². The summed E-state index contributed by atoms with van der Waals surface area (Å²) >= 11 is 0. The van der Waals surface area contributed by atoms with Gasteiger partial charge in [0.25, 0.3) is 0 Å². The molecule has 3 nitrogen and oxygen atoms in total. The predicted molar refractivity (Wildman–Crippen MR) is 84.3 cm³/mol. The summed E-state index contributed by atoms with van der Waals surface area (Å²) in [6.45, 7) is 1.35. The van der Waals surface area contributed by atoms with E-state index in [1.807, 2.05) is 6.07 Å². The number of hydrogen-bond acceptors (Lipinski definition) is 3. The van der Waals surface area contributed by atoms with E-state index in [0.717, 1.165) is 5.39 Å². The van der Waals surface area contributed by atoms with Crippen LogP contribution in [0.25, 0.3) is 10.9 Å². The van der Waals surface area contributed by atoms with Crippen molar-refractivity contribution in [3.63, 3.8) is 0 Å². The minimum atomic E-state index is -4.85. The molecule has 0 aliphatic carbocycles. The van der Waals surface area contributed by atoms with Crippen LogP contribution in [0.1, 0.15) is 24.0 Å². The molecule has 2 atom stereocenters. The van der Waals surface area contributed by atoms with Crippen molar-refractivity contribution in [1.29, 1.82) is 0 Å². The van der Waals surface area contributed by atoms with E-state index in [4.69, 9.17) is 0 Å². The van der Waals surface area contributed by atoms with Gasteiger partial charge in [-0.15, -0.1) is 0 Å². The summed E-state index contributed by atoms with van der Waals surface area (Å²) in [5, 5.41) is 11.4. The molecule has 2 unspecified atom stereocenters. The Kier molecular flexibility index (Phi) is 4.01. The van der Waals surface area contributed by atoms with Gasteiger partial charge in [0.1, 0.15) is 0 Å². The average molecular weight is 332 g/mol. The highest BCUT2D eigenvalue weighted by Crippen LogP contribution is 2.48. The van der Waals surface area contributed by atoms with Crippen LogP contribution in [0.4, 0.5) is 13.2 Å².